The first kappa shape index (κ1) is 10.2. The van der Waals surface area contributed by atoms with Crippen molar-refractivity contribution >= 4 is 11.7 Å². The molecule has 0 spiro atoms. The van der Waals surface area contributed by atoms with E-state index in [1.165, 1.54) is 13.2 Å². The zero-order chi connectivity index (χ0) is 10.4. The molecule has 0 aliphatic heterocycles. The summed E-state index contributed by atoms with van der Waals surface area (Å²) in [5.74, 6) is -0.403. The average Bonchev–Trinajstić information content (AvgIpc) is 2.26. The first-order valence-electron chi connectivity index (χ1n) is 4.16. The summed E-state index contributed by atoms with van der Waals surface area (Å²) in [6.07, 6.45) is 3.03. The van der Waals surface area contributed by atoms with Gasteiger partial charge in [0.25, 0.3) is 0 Å². The number of ether oxygens (including phenoxy) is 1. The van der Waals surface area contributed by atoms with Crippen LogP contribution in [-0.4, -0.2) is 25.1 Å². The predicted molar refractivity (Wildman–Crippen MR) is 53.3 cm³/mol. The SMILES string of the molecule is CN/C(=C\C(=O)OC)c1ccccn1. The van der Waals surface area contributed by atoms with Crippen molar-refractivity contribution in [2.24, 2.45) is 0 Å². The molecule has 0 atom stereocenters. The van der Waals surface area contributed by atoms with Crippen LogP contribution in [0.5, 0.6) is 0 Å². The monoisotopic (exact) mass is 192 g/mol. The Hall–Kier alpha value is -1.84. The lowest BCUT2D eigenvalue weighted by molar-refractivity contribution is -0.134. The molecular weight excluding hydrogens is 180 g/mol. The fourth-order valence-corrected chi connectivity index (χ4v) is 0.973. The number of rotatable bonds is 3. The van der Waals surface area contributed by atoms with E-state index in [9.17, 15) is 4.79 Å². The summed E-state index contributed by atoms with van der Waals surface area (Å²) >= 11 is 0. The molecule has 0 fully saturated rings. The van der Waals surface area contributed by atoms with Gasteiger partial charge >= 0.3 is 5.97 Å². The highest BCUT2D eigenvalue weighted by molar-refractivity contribution is 5.90. The van der Waals surface area contributed by atoms with E-state index in [0.29, 0.717) is 11.4 Å². The summed E-state index contributed by atoms with van der Waals surface area (Å²) in [6, 6.07) is 5.48. The van der Waals surface area contributed by atoms with Crippen LogP contribution in [0.4, 0.5) is 0 Å². The molecule has 0 saturated carbocycles. The minimum Gasteiger partial charge on any atom is -0.466 e. The van der Waals surface area contributed by atoms with Gasteiger partial charge in [-0.3, -0.25) is 4.98 Å². The van der Waals surface area contributed by atoms with E-state index in [1.807, 2.05) is 18.2 Å². The van der Waals surface area contributed by atoms with Crippen molar-refractivity contribution in [1.29, 1.82) is 0 Å². The third-order valence-corrected chi connectivity index (χ3v) is 1.67. The summed E-state index contributed by atoms with van der Waals surface area (Å²) < 4.78 is 4.52. The fraction of sp³-hybridized carbons (Fsp3) is 0.200. The predicted octanol–water partition coefficient (Wildman–Crippen LogP) is 0.815. The van der Waals surface area contributed by atoms with Crippen molar-refractivity contribution in [2.75, 3.05) is 14.2 Å². The van der Waals surface area contributed by atoms with E-state index in [0.717, 1.165) is 0 Å². The lowest BCUT2D eigenvalue weighted by atomic mass is 10.2. The van der Waals surface area contributed by atoms with Gasteiger partial charge in [-0.15, -0.1) is 0 Å². The van der Waals surface area contributed by atoms with Gasteiger partial charge in [-0.1, -0.05) is 6.07 Å². The molecule has 0 amide bonds. The molecule has 0 radical (unpaired) electrons. The van der Waals surface area contributed by atoms with Gasteiger partial charge in [0.2, 0.25) is 0 Å². The normalized spacial score (nSPS) is 10.9. The number of hydrogen-bond donors (Lipinski definition) is 1. The quantitative estimate of drug-likeness (QED) is 0.569. The number of carbonyl (C=O) groups excluding carboxylic acids is 1. The van der Waals surface area contributed by atoms with Crippen molar-refractivity contribution in [3.05, 3.63) is 36.2 Å². The van der Waals surface area contributed by atoms with Gasteiger partial charge in [0.05, 0.1) is 18.5 Å². The maximum absolute atomic E-state index is 11.0. The third-order valence-electron chi connectivity index (χ3n) is 1.67. The van der Waals surface area contributed by atoms with Crippen LogP contribution in [-0.2, 0) is 9.53 Å². The summed E-state index contributed by atoms with van der Waals surface area (Å²) in [7, 11) is 3.06. The Kier molecular flexibility index (Phi) is 3.67. The first-order chi connectivity index (χ1) is 6.77. The standard InChI is InChI=1S/C10H12N2O2/c1-11-9(7-10(13)14-2)8-5-3-4-6-12-8/h3-7,11H,1-2H3/b9-7-. The third kappa shape index (κ3) is 2.58. The van der Waals surface area contributed by atoms with Crippen LogP contribution in [0.3, 0.4) is 0 Å². The minimum absolute atomic E-state index is 0.403. The maximum atomic E-state index is 11.0. The molecule has 0 bridgehead atoms. The van der Waals surface area contributed by atoms with E-state index in [4.69, 9.17) is 0 Å². The molecule has 0 aliphatic rings. The molecule has 0 aliphatic carbocycles. The average molecular weight is 192 g/mol. The molecule has 4 heteroatoms. The second-order valence-corrected chi connectivity index (χ2v) is 2.55. The molecule has 14 heavy (non-hydrogen) atoms. The first-order valence-corrected chi connectivity index (χ1v) is 4.16. The van der Waals surface area contributed by atoms with Gasteiger partial charge in [-0.25, -0.2) is 4.79 Å². The van der Waals surface area contributed by atoms with E-state index in [1.54, 1.807) is 13.2 Å². The van der Waals surface area contributed by atoms with Crippen LogP contribution in [0.25, 0.3) is 5.70 Å². The number of aromatic nitrogens is 1. The van der Waals surface area contributed by atoms with Crippen LogP contribution >= 0.6 is 0 Å². The Balaban J connectivity index is 2.93. The molecule has 74 valence electrons. The number of nitrogens with one attached hydrogen (secondary N) is 1. The molecule has 0 unspecified atom stereocenters. The molecule has 0 saturated heterocycles. The molecule has 0 aromatic carbocycles. The molecule has 1 aromatic rings. The van der Waals surface area contributed by atoms with E-state index < -0.39 is 5.97 Å². The topological polar surface area (TPSA) is 51.2 Å². The highest BCUT2D eigenvalue weighted by Gasteiger charge is 2.02. The zero-order valence-electron chi connectivity index (χ0n) is 8.15. The summed E-state index contributed by atoms with van der Waals surface area (Å²) in [6.45, 7) is 0. The summed E-state index contributed by atoms with van der Waals surface area (Å²) in [5.41, 5.74) is 1.35. The van der Waals surface area contributed by atoms with Crippen LogP contribution in [0.2, 0.25) is 0 Å². The second-order valence-electron chi connectivity index (χ2n) is 2.55. The number of hydrogen-bond acceptors (Lipinski definition) is 4. The van der Waals surface area contributed by atoms with Crippen LogP contribution < -0.4 is 5.32 Å². The molecule has 1 heterocycles. The van der Waals surface area contributed by atoms with Crippen molar-refractivity contribution in [1.82, 2.24) is 10.3 Å². The van der Waals surface area contributed by atoms with Crippen molar-refractivity contribution in [3.8, 4) is 0 Å². The lowest BCUT2D eigenvalue weighted by Gasteiger charge is -2.04. The number of carbonyl (C=O) groups is 1. The summed E-state index contributed by atoms with van der Waals surface area (Å²) in [4.78, 5) is 15.1. The zero-order valence-corrected chi connectivity index (χ0v) is 8.15. The molecule has 1 aromatic heterocycles. The second kappa shape index (κ2) is 5.01. The molecule has 4 nitrogen and oxygen atoms in total. The van der Waals surface area contributed by atoms with Gasteiger partial charge in [-0.05, 0) is 12.1 Å². The van der Waals surface area contributed by atoms with E-state index in [2.05, 4.69) is 15.0 Å². The Morgan fingerprint density at radius 3 is 2.86 bits per heavy atom. The van der Waals surface area contributed by atoms with Crippen molar-refractivity contribution in [2.45, 2.75) is 0 Å². The van der Waals surface area contributed by atoms with Crippen LogP contribution in [0.15, 0.2) is 30.5 Å². The fourth-order valence-electron chi connectivity index (χ4n) is 0.973. The Bertz CT molecular complexity index is 333. The molecular formula is C10H12N2O2. The lowest BCUT2D eigenvalue weighted by Crippen LogP contribution is -2.09. The van der Waals surface area contributed by atoms with E-state index >= 15 is 0 Å². The van der Waals surface area contributed by atoms with Crippen LogP contribution in [0.1, 0.15) is 5.69 Å². The number of pyridine rings is 1. The molecule has 1 rings (SSSR count). The Morgan fingerprint density at radius 2 is 2.36 bits per heavy atom. The highest BCUT2D eigenvalue weighted by atomic mass is 16.5. The minimum atomic E-state index is -0.403. The van der Waals surface area contributed by atoms with Gasteiger partial charge in [0, 0.05) is 19.3 Å². The van der Waals surface area contributed by atoms with E-state index in [-0.39, 0.29) is 0 Å². The molecule has 1 N–H and O–H groups in total. The van der Waals surface area contributed by atoms with Gasteiger partial charge in [-0.2, -0.15) is 0 Å². The van der Waals surface area contributed by atoms with Crippen LogP contribution in [0, 0.1) is 0 Å². The largest absolute Gasteiger partial charge is 0.466 e. The van der Waals surface area contributed by atoms with Gasteiger partial charge < -0.3 is 10.1 Å². The smallest absolute Gasteiger partial charge is 0.332 e. The number of esters is 1. The van der Waals surface area contributed by atoms with Gasteiger partial charge in [0.15, 0.2) is 0 Å². The summed E-state index contributed by atoms with van der Waals surface area (Å²) in [5, 5.41) is 2.88. The van der Waals surface area contributed by atoms with Crippen molar-refractivity contribution in [3.63, 3.8) is 0 Å². The Morgan fingerprint density at radius 1 is 1.57 bits per heavy atom. The Labute approximate surface area is 82.6 Å². The van der Waals surface area contributed by atoms with Gasteiger partial charge in [0.1, 0.15) is 0 Å². The number of nitrogens with zero attached hydrogens (tertiary/aromatic N) is 1. The maximum Gasteiger partial charge on any atom is 0.332 e. The highest BCUT2D eigenvalue weighted by Crippen LogP contribution is 2.06. The van der Waals surface area contributed by atoms with Crippen molar-refractivity contribution < 1.29 is 9.53 Å². The number of methoxy groups -OCH3 is 1.